The van der Waals surface area contributed by atoms with E-state index in [0.29, 0.717) is 5.56 Å². The Bertz CT molecular complexity index is 450. The Balaban J connectivity index is 2.62. The summed E-state index contributed by atoms with van der Waals surface area (Å²) in [6, 6.07) is 3.69. The molecule has 0 radical (unpaired) electrons. The van der Waals surface area contributed by atoms with Gasteiger partial charge < -0.3 is 4.74 Å². The number of nitrogens with zero attached hydrogens (tertiary/aromatic N) is 2. The Morgan fingerprint density at radius 2 is 2.06 bits per heavy atom. The zero-order valence-corrected chi connectivity index (χ0v) is 10.8. The van der Waals surface area contributed by atoms with Gasteiger partial charge in [0.25, 0.3) is 0 Å². The van der Waals surface area contributed by atoms with E-state index in [1.165, 1.54) is 7.11 Å². The second-order valence-electron chi connectivity index (χ2n) is 3.53. The van der Waals surface area contributed by atoms with Gasteiger partial charge in [0.1, 0.15) is 0 Å². The third-order valence-electron chi connectivity index (χ3n) is 2.46. The van der Waals surface area contributed by atoms with E-state index >= 15 is 0 Å². The molecule has 0 aliphatic carbocycles. The molecule has 5 nitrogen and oxygen atoms in total. The predicted molar refractivity (Wildman–Crippen MR) is 65.4 cm³/mol. The number of rotatable bonds is 1. The molecular formula is C10H12BrN3O2. The molecule has 6 heteroatoms. The highest BCUT2D eigenvalue weighted by molar-refractivity contribution is 9.10. The highest BCUT2D eigenvalue weighted by atomic mass is 79.9. The second-order valence-corrected chi connectivity index (χ2v) is 4.45. The third kappa shape index (κ3) is 1.64. The van der Waals surface area contributed by atoms with Crippen LogP contribution in [-0.4, -0.2) is 27.2 Å². The van der Waals surface area contributed by atoms with E-state index in [2.05, 4.69) is 21.5 Å². The van der Waals surface area contributed by atoms with Gasteiger partial charge in [-0.3, -0.25) is 10.0 Å². The van der Waals surface area contributed by atoms with Crippen LogP contribution in [0.25, 0.3) is 0 Å². The number of benzene rings is 1. The highest BCUT2D eigenvalue weighted by Gasteiger charge is 2.27. The van der Waals surface area contributed by atoms with Gasteiger partial charge in [-0.05, 0) is 12.1 Å². The lowest BCUT2D eigenvalue weighted by Crippen LogP contribution is -2.39. The minimum absolute atomic E-state index is 0.346. The maximum Gasteiger partial charge on any atom is 0.340 e. The topological polar surface area (TPSA) is 44.8 Å². The van der Waals surface area contributed by atoms with Crippen molar-refractivity contribution in [1.82, 2.24) is 5.53 Å². The van der Waals surface area contributed by atoms with Crippen LogP contribution in [0.2, 0.25) is 0 Å². The van der Waals surface area contributed by atoms with Gasteiger partial charge in [-0.25, -0.2) is 4.79 Å². The van der Waals surface area contributed by atoms with Crippen LogP contribution >= 0.6 is 15.9 Å². The molecule has 0 fully saturated rings. The van der Waals surface area contributed by atoms with Crippen molar-refractivity contribution >= 4 is 33.3 Å². The Labute approximate surface area is 102 Å². The van der Waals surface area contributed by atoms with E-state index in [1.54, 1.807) is 11.1 Å². The van der Waals surface area contributed by atoms with Crippen LogP contribution in [0.5, 0.6) is 0 Å². The summed E-state index contributed by atoms with van der Waals surface area (Å²) in [5.41, 5.74) is 5.35. The molecule has 1 aliphatic rings. The van der Waals surface area contributed by atoms with Crippen molar-refractivity contribution in [2.75, 3.05) is 31.2 Å². The van der Waals surface area contributed by atoms with Gasteiger partial charge in [-0.15, -0.1) is 5.53 Å². The van der Waals surface area contributed by atoms with Crippen molar-refractivity contribution in [3.8, 4) is 0 Å². The molecule has 1 aromatic rings. The number of anilines is 2. The van der Waals surface area contributed by atoms with Gasteiger partial charge in [0.2, 0.25) is 0 Å². The maximum absolute atomic E-state index is 11.7. The molecule has 0 bridgehead atoms. The van der Waals surface area contributed by atoms with Crippen molar-refractivity contribution in [3.63, 3.8) is 0 Å². The first-order chi connectivity index (χ1) is 7.54. The number of esters is 1. The number of ether oxygens (including phenoxy) is 1. The molecule has 1 N–H and O–H groups in total. The summed E-state index contributed by atoms with van der Waals surface area (Å²) < 4.78 is 5.61. The van der Waals surface area contributed by atoms with Gasteiger partial charge in [-0.1, -0.05) is 15.9 Å². The highest BCUT2D eigenvalue weighted by Crippen LogP contribution is 2.37. The Morgan fingerprint density at radius 1 is 1.38 bits per heavy atom. The largest absolute Gasteiger partial charge is 0.465 e. The van der Waals surface area contributed by atoms with Crippen molar-refractivity contribution in [2.24, 2.45) is 0 Å². The van der Waals surface area contributed by atoms with Gasteiger partial charge in [0.05, 0.1) is 24.0 Å². The molecule has 0 atom stereocenters. The van der Waals surface area contributed by atoms with Crippen LogP contribution in [0, 0.1) is 0 Å². The molecule has 0 saturated carbocycles. The summed E-state index contributed by atoms with van der Waals surface area (Å²) in [6.45, 7) is 0. The van der Waals surface area contributed by atoms with Crippen LogP contribution in [0.3, 0.4) is 0 Å². The summed E-state index contributed by atoms with van der Waals surface area (Å²) in [5, 5.41) is 3.63. The number of hydrogen-bond acceptors (Lipinski definition) is 5. The van der Waals surface area contributed by atoms with Crippen LogP contribution in [-0.2, 0) is 4.74 Å². The minimum atomic E-state index is -0.346. The van der Waals surface area contributed by atoms with E-state index < -0.39 is 0 Å². The summed E-state index contributed by atoms with van der Waals surface area (Å²) in [6.07, 6.45) is 0. The monoisotopic (exact) mass is 285 g/mol. The SMILES string of the molecule is COC(=O)c1cc(Br)cc2c1N(C)NN2C. The van der Waals surface area contributed by atoms with Crippen molar-refractivity contribution in [1.29, 1.82) is 0 Å². The molecular weight excluding hydrogens is 274 g/mol. The lowest BCUT2D eigenvalue weighted by atomic mass is 10.1. The van der Waals surface area contributed by atoms with Crippen molar-refractivity contribution < 1.29 is 9.53 Å². The summed E-state index contributed by atoms with van der Waals surface area (Å²) >= 11 is 3.38. The van der Waals surface area contributed by atoms with E-state index in [9.17, 15) is 4.79 Å². The van der Waals surface area contributed by atoms with Gasteiger partial charge >= 0.3 is 5.97 Å². The van der Waals surface area contributed by atoms with Crippen LogP contribution in [0.1, 0.15) is 10.4 Å². The molecule has 0 spiro atoms. The van der Waals surface area contributed by atoms with Crippen molar-refractivity contribution in [2.45, 2.75) is 0 Å². The smallest absolute Gasteiger partial charge is 0.340 e. The molecule has 0 amide bonds. The summed E-state index contributed by atoms with van der Waals surface area (Å²) in [7, 11) is 5.11. The number of nitrogens with one attached hydrogen (secondary N) is 1. The first kappa shape index (κ1) is 11.2. The van der Waals surface area contributed by atoms with E-state index in [-0.39, 0.29) is 5.97 Å². The quantitative estimate of drug-likeness (QED) is 0.793. The van der Waals surface area contributed by atoms with Crippen LogP contribution < -0.4 is 15.6 Å². The number of carbonyl (C=O) groups excluding carboxylic acids is 1. The zero-order valence-electron chi connectivity index (χ0n) is 9.24. The first-order valence-electron chi connectivity index (χ1n) is 4.70. The maximum atomic E-state index is 11.7. The second kappa shape index (κ2) is 3.95. The molecule has 0 aromatic heterocycles. The summed E-state index contributed by atoms with van der Waals surface area (Å²) in [5.74, 6) is -0.346. The number of carbonyl (C=O) groups is 1. The van der Waals surface area contributed by atoms with Gasteiger partial charge in [-0.2, -0.15) is 0 Å². The first-order valence-corrected chi connectivity index (χ1v) is 5.49. The van der Waals surface area contributed by atoms with E-state index in [0.717, 1.165) is 15.8 Å². The fourth-order valence-electron chi connectivity index (χ4n) is 1.79. The fourth-order valence-corrected chi connectivity index (χ4v) is 2.23. The predicted octanol–water partition coefficient (Wildman–Crippen LogP) is 1.54. The van der Waals surface area contributed by atoms with Gasteiger partial charge in [0, 0.05) is 18.6 Å². The zero-order chi connectivity index (χ0) is 11.9. The number of hydrazine groups is 2. The lowest BCUT2D eigenvalue weighted by molar-refractivity contribution is 0.0601. The molecule has 1 heterocycles. The molecule has 16 heavy (non-hydrogen) atoms. The number of methoxy groups -OCH3 is 1. The lowest BCUT2D eigenvalue weighted by Gasteiger charge is -2.14. The van der Waals surface area contributed by atoms with E-state index in [1.807, 2.05) is 25.2 Å². The number of hydrogen-bond donors (Lipinski definition) is 1. The molecule has 1 aliphatic heterocycles. The number of fused-ring (bicyclic) bond motifs is 1. The van der Waals surface area contributed by atoms with Gasteiger partial charge in [0.15, 0.2) is 0 Å². The summed E-state index contributed by atoms with van der Waals surface area (Å²) in [4.78, 5) is 11.7. The molecule has 86 valence electrons. The average molecular weight is 286 g/mol. The van der Waals surface area contributed by atoms with E-state index in [4.69, 9.17) is 4.74 Å². The van der Waals surface area contributed by atoms with Crippen LogP contribution in [0.4, 0.5) is 11.4 Å². The minimum Gasteiger partial charge on any atom is -0.465 e. The van der Waals surface area contributed by atoms with Crippen molar-refractivity contribution in [3.05, 3.63) is 22.2 Å². The fraction of sp³-hybridized carbons (Fsp3) is 0.300. The molecule has 1 aromatic carbocycles. The standard InChI is InChI=1S/C10H12BrN3O2/c1-13-8-5-6(11)4-7(10(15)16-3)9(8)14(2)12-13/h4-5,12H,1-3H3. The Kier molecular flexibility index (Phi) is 2.77. The molecule has 0 unspecified atom stereocenters. The molecule has 2 rings (SSSR count). The normalized spacial score (nSPS) is 14.0. The number of halogens is 1. The third-order valence-corrected chi connectivity index (χ3v) is 2.91. The molecule has 0 saturated heterocycles. The Hall–Kier alpha value is -1.27. The van der Waals surface area contributed by atoms with Crippen LogP contribution in [0.15, 0.2) is 16.6 Å². The Morgan fingerprint density at radius 3 is 2.69 bits per heavy atom. The average Bonchev–Trinajstić information content (AvgIpc) is 2.52.